The highest BCUT2D eigenvalue weighted by molar-refractivity contribution is 7.80. The molecule has 0 fully saturated rings. The van der Waals surface area contributed by atoms with Gasteiger partial charge in [0.05, 0.1) is 0 Å². The Balaban J connectivity index is 3.89. The summed E-state index contributed by atoms with van der Waals surface area (Å²) in [5, 5.41) is 0. The van der Waals surface area contributed by atoms with Crippen molar-refractivity contribution in [2.24, 2.45) is 11.8 Å². The van der Waals surface area contributed by atoms with Crippen LogP contribution in [0.2, 0.25) is 0 Å². The molecule has 0 aliphatic rings. The SMILES string of the molecule is CCN(CCCN(C)C)CC(CS)C(C)C. The first-order valence-electron chi connectivity index (χ1n) is 6.49. The van der Waals surface area contributed by atoms with E-state index >= 15 is 0 Å². The Kier molecular flexibility index (Phi) is 9.47. The Morgan fingerprint density at radius 1 is 1.12 bits per heavy atom. The summed E-state index contributed by atoms with van der Waals surface area (Å²) in [5.41, 5.74) is 0. The first-order valence-corrected chi connectivity index (χ1v) is 7.12. The molecule has 98 valence electrons. The maximum absolute atomic E-state index is 4.46. The Bertz CT molecular complexity index is 160. The third kappa shape index (κ3) is 7.53. The van der Waals surface area contributed by atoms with Crippen LogP contribution in [0.1, 0.15) is 27.2 Å². The Morgan fingerprint density at radius 2 is 1.75 bits per heavy atom. The zero-order chi connectivity index (χ0) is 12.6. The van der Waals surface area contributed by atoms with Gasteiger partial charge in [0.15, 0.2) is 0 Å². The molecule has 0 aliphatic carbocycles. The summed E-state index contributed by atoms with van der Waals surface area (Å²) >= 11 is 4.46. The topological polar surface area (TPSA) is 6.48 Å². The average Bonchev–Trinajstić information content (AvgIpc) is 2.22. The van der Waals surface area contributed by atoms with Gasteiger partial charge in [0.1, 0.15) is 0 Å². The van der Waals surface area contributed by atoms with Gasteiger partial charge in [-0.2, -0.15) is 12.6 Å². The van der Waals surface area contributed by atoms with Crippen molar-refractivity contribution in [3.8, 4) is 0 Å². The molecular weight excluding hydrogens is 216 g/mol. The van der Waals surface area contributed by atoms with Crippen molar-refractivity contribution in [3.05, 3.63) is 0 Å². The van der Waals surface area contributed by atoms with Crippen LogP contribution >= 0.6 is 12.6 Å². The Morgan fingerprint density at radius 3 is 2.12 bits per heavy atom. The highest BCUT2D eigenvalue weighted by Gasteiger charge is 2.15. The second-order valence-electron chi connectivity index (χ2n) is 5.24. The monoisotopic (exact) mass is 246 g/mol. The third-order valence-electron chi connectivity index (χ3n) is 3.20. The predicted molar refractivity (Wildman–Crippen MR) is 77.5 cm³/mol. The number of hydrogen-bond donors (Lipinski definition) is 1. The molecule has 0 aromatic heterocycles. The van der Waals surface area contributed by atoms with Gasteiger partial charge in [-0.25, -0.2) is 0 Å². The first-order chi connectivity index (χ1) is 7.51. The summed E-state index contributed by atoms with van der Waals surface area (Å²) in [6, 6.07) is 0. The van der Waals surface area contributed by atoms with E-state index in [2.05, 4.69) is 57.3 Å². The van der Waals surface area contributed by atoms with Crippen molar-refractivity contribution in [2.45, 2.75) is 27.2 Å². The molecule has 0 bridgehead atoms. The van der Waals surface area contributed by atoms with Gasteiger partial charge in [-0.3, -0.25) is 0 Å². The minimum absolute atomic E-state index is 0.725. The lowest BCUT2D eigenvalue weighted by Crippen LogP contribution is -2.34. The second-order valence-corrected chi connectivity index (χ2v) is 5.60. The molecule has 1 atom stereocenters. The molecule has 0 saturated carbocycles. The van der Waals surface area contributed by atoms with Gasteiger partial charge >= 0.3 is 0 Å². The summed E-state index contributed by atoms with van der Waals surface area (Å²) in [6.45, 7) is 11.6. The Labute approximate surface area is 108 Å². The van der Waals surface area contributed by atoms with Gasteiger partial charge in [0.2, 0.25) is 0 Å². The highest BCUT2D eigenvalue weighted by atomic mass is 32.1. The second kappa shape index (κ2) is 9.32. The van der Waals surface area contributed by atoms with Crippen molar-refractivity contribution in [3.63, 3.8) is 0 Å². The zero-order valence-electron chi connectivity index (χ0n) is 11.7. The largest absolute Gasteiger partial charge is 0.309 e. The van der Waals surface area contributed by atoms with Crippen LogP contribution in [0.3, 0.4) is 0 Å². The summed E-state index contributed by atoms with van der Waals surface area (Å²) < 4.78 is 0. The molecule has 1 unspecified atom stereocenters. The van der Waals surface area contributed by atoms with E-state index in [1.54, 1.807) is 0 Å². The predicted octanol–water partition coefficient (Wildman–Crippen LogP) is 2.46. The van der Waals surface area contributed by atoms with Gasteiger partial charge in [-0.15, -0.1) is 0 Å². The fourth-order valence-electron chi connectivity index (χ4n) is 1.80. The van der Waals surface area contributed by atoms with Gasteiger partial charge in [0, 0.05) is 6.54 Å². The van der Waals surface area contributed by atoms with Crippen LogP contribution in [0.5, 0.6) is 0 Å². The normalized spacial score (nSPS) is 14.1. The van der Waals surface area contributed by atoms with Gasteiger partial charge in [0.25, 0.3) is 0 Å². The maximum atomic E-state index is 4.46. The molecule has 0 N–H and O–H groups in total. The van der Waals surface area contributed by atoms with Crippen LogP contribution in [0.15, 0.2) is 0 Å². The van der Waals surface area contributed by atoms with Gasteiger partial charge in [-0.05, 0) is 57.7 Å². The first kappa shape index (κ1) is 16.3. The van der Waals surface area contributed by atoms with Crippen molar-refractivity contribution >= 4 is 12.6 Å². The van der Waals surface area contributed by atoms with E-state index in [0.29, 0.717) is 0 Å². The van der Waals surface area contributed by atoms with Crippen LogP contribution in [0.4, 0.5) is 0 Å². The molecule has 3 heteroatoms. The fraction of sp³-hybridized carbons (Fsp3) is 1.00. The van der Waals surface area contributed by atoms with Crippen molar-refractivity contribution in [2.75, 3.05) is 46.0 Å². The molecule has 0 amide bonds. The lowest BCUT2D eigenvalue weighted by Gasteiger charge is -2.28. The van der Waals surface area contributed by atoms with E-state index in [-0.39, 0.29) is 0 Å². The molecular formula is C13H30N2S. The maximum Gasteiger partial charge on any atom is 0.00198 e. The van der Waals surface area contributed by atoms with Crippen molar-refractivity contribution in [1.82, 2.24) is 9.80 Å². The molecule has 0 saturated heterocycles. The zero-order valence-corrected chi connectivity index (χ0v) is 12.6. The Hall–Kier alpha value is 0.270. The van der Waals surface area contributed by atoms with Crippen LogP contribution in [0.25, 0.3) is 0 Å². The van der Waals surface area contributed by atoms with Crippen molar-refractivity contribution < 1.29 is 0 Å². The molecule has 0 radical (unpaired) electrons. The summed E-state index contributed by atoms with van der Waals surface area (Å²) in [5.74, 6) is 2.46. The quantitative estimate of drug-likeness (QED) is 0.624. The van der Waals surface area contributed by atoms with E-state index in [0.717, 1.165) is 24.1 Å². The molecule has 2 nitrogen and oxygen atoms in total. The molecule has 0 rings (SSSR count). The molecule has 0 heterocycles. The molecule has 0 aromatic rings. The number of nitrogens with zero attached hydrogens (tertiary/aromatic N) is 2. The lowest BCUT2D eigenvalue weighted by atomic mass is 9.97. The minimum Gasteiger partial charge on any atom is -0.309 e. The number of thiol groups is 1. The average molecular weight is 246 g/mol. The van der Waals surface area contributed by atoms with E-state index in [9.17, 15) is 0 Å². The number of hydrogen-bond acceptors (Lipinski definition) is 3. The summed E-state index contributed by atoms with van der Waals surface area (Å²) in [7, 11) is 4.28. The van der Waals surface area contributed by atoms with E-state index in [1.165, 1.54) is 26.1 Å². The van der Waals surface area contributed by atoms with E-state index < -0.39 is 0 Å². The van der Waals surface area contributed by atoms with Crippen LogP contribution < -0.4 is 0 Å². The summed E-state index contributed by atoms with van der Waals surface area (Å²) in [4.78, 5) is 4.82. The minimum atomic E-state index is 0.725. The van der Waals surface area contributed by atoms with Crippen LogP contribution in [-0.2, 0) is 0 Å². The smallest absolute Gasteiger partial charge is 0.00198 e. The van der Waals surface area contributed by atoms with Crippen LogP contribution in [0, 0.1) is 11.8 Å². The van der Waals surface area contributed by atoms with E-state index in [4.69, 9.17) is 0 Å². The fourth-order valence-corrected chi connectivity index (χ4v) is 2.34. The van der Waals surface area contributed by atoms with E-state index in [1.807, 2.05) is 0 Å². The van der Waals surface area contributed by atoms with Gasteiger partial charge < -0.3 is 9.80 Å². The molecule has 0 aromatic carbocycles. The highest BCUT2D eigenvalue weighted by Crippen LogP contribution is 2.14. The summed E-state index contributed by atoms with van der Waals surface area (Å²) in [6.07, 6.45) is 1.26. The molecule has 16 heavy (non-hydrogen) atoms. The third-order valence-corrected chi connectivity index (χ3v) is 3.67. The molecule has 0 spiro atoms. The van der Waals surface area contributed by atoms with Crippen LogP contribution in [-0.4, -0.2) is 55.8 Å². The number of rotatable bonds is 9. The molecule has 0 aliphatic heterocycles. The van der Waals surface area contributed by atoms with Gasteiger partial charge in [-0.1, -0.05) is 20.8 Å². The standard InChI is InChI=1S/C13H30N2S/c1-6-15(9-7-8-14(4)5)10-13(11-16)12(2)3/h12-13,16H,6-11H2,1-5H3. The van der Waals surface area contributed by atoms with Crippen molar-refractivity contribution in [1.29, 1.82) is 0 Å². The lowest BCUT2D eigenvalue weighted by molar-refractivity contribution is 0.213.